The van der Waals surface area contributed by atoms with E-state index in [1.165, 1.54) is 10.7 Å². The Bertz CT molecular complexity index is 921. The zero-order valence-electron chi connectivity index (χ0n) is 14.0. The second kappa shape index (κ2) is 8.78. The number of aromatic nitrogens is 2. The smallest absolute Gasteiger partial charge is 0.266 e. The Morgan fingerprint density at radius 1 is 1.15 bits per heavy atom. The number of nitrogens with zero attached hydrogens (tertiary/aromatic N) is 2. The fourth-order valence-corrected chi connectivity index (χ4v) is 3.26. The lowest BCUT2D eigenvalue weighted by Gasteiger charge is -2.07. The van der Waals surface area contributed by atoms with E-state index in [0.717, 1.165) is 16.1 Å². The number of thiophene rings is 1. The van der Waals surface area contributed by atoms with Crippen LogP contribution in [0.3, 0.4) is 0 Å². The van der Waals surface area contributed by atoms with Gasteiger partial charge in [0.25, 0.3) is 5.56 Å². The van der Waals surface area contributed by atoms with Gasteiger partial charge in [0.1, 0.15) is 5.69 Å². The highest BCUT2D eigenvalue weighted by atomic mass is 35.5. The number of hydrogen-bond acceptors (Lipinski definition) is 4. The maximum absolute atomic E-state index is 12.0. The Morgan fingerprint density at radius 2 is 1.96 bits per heavy atom. The first-order valence-electron chi connectivity index (χ1n) is 8.25. The van der Waals surface area contributed by atoms with Gasteiger partial charge in [-0.3, -0.25) is 9.59 Å². The Morgan fingerprint density at radius 3 is 2.69 bits per heavy atom. The molecule has 5 nitrogen and oxygen atoms in total. The number of aryl methyl sites for hydroxylation is 1. The standard InChI is InChI=1S/C19H18ClN3O2S/c20-15-7-5-14(6-8-15)13-21-18(24)4-1-11-23-19(25)10-9-16(22-23)17-3-2-12-26-17/h2-3,5-10,12H,1,4,11,13H2,(H,21,24). The SMILES string of the molecule is O=C(CCCn1nc(-c2cccs2)ccc1=O)NCc1ccc(Cl)cc1. The van der Waals surface area contributed by atoms with Gasteiger partial charge < -0.3 is 5.32 Å². The molecule has 1 amide bonds. The predicted molar refractivity (Wildman–Crippen MR) is 104 cm³/mol. The molecule has 7 heteroatoms. The topological polar surface area (TPSA) is 64.0 Å². The number of amides is 1. The second-order valence-electron chi connectivity index (χ2n) is 5.76. The average Bonchev–Trinajstić information content (AvgIpc) is 3.17. The van der Waals surface area contributed by atoms with E-state index in [9.17, 15) is 9.59 Å². The molecule has 0 unspecified atom stereocenters. The van der Waals surface area contributed by atoms with Crippen LogP contribution in [0, 0.1) is 0 Å². The van der Waals surface area contributed by atoms with E-state index >= 15 is 0 Å². The molecule has 1 N–H and O–H groups in total. The van der Waals surface area contributed by atoms with Gasteiger partial charge in [0.05, 0.1) is 4.88 Å². The van der Waals surface area contributed by atoms with Crippen LogP contribution in [0.5, 0.6) is 0 Å². The second-order valence-corrected chi connectivity index (χ2v) is 7.15. The van der Waals surface area contributed by atoms with Gasteiger partial charge in [-0.2, -0.15) is 5.10 Å². The number of hydrogen-bond donors (Lipinski definition) is 1. The first kappa shape index (κ1) is 18.4. The van der Waals surface area contributed by atoms with Gasteiger partial charge in [0, 0.05) is 30.6 Å². The maximum atomic E-state index is 12.0. The molecule has 2 heterocycles. The van der Waals surface area contributed by atoms with Crippen LogP contribution in [0.15, 0.2) is 58.7 Å². The summed E-state index contributed by atoms with van der Waals surface area (Å²) in [5.41, 5.74) is 1.60. The minimum absolute atomic E-state index is 0.0533. The van der Waals surface area contributed by atoms with Crippen molar-refractivity contribution in [2.75, 3.05) is 0 Å². The number of carbonyl (C=O) groups excluding carboxylic acids is 1. The summed E-state index contributed by atoms with van der Waals surface area (Å²) in [7, 11) is 0. The van der Waals surface area contributed by atoms with Crippen molar-refractivity contribution in [2.45, 2.75) is 25.9 Å². The molecular formula is C19H18ClN3O2S. The van der Waals surface area contributed by atoms with Crippen molar-refractivity contribution >= 4 is 28.8 Å². The number of nitrogens with one attached hydrogen (secondary N) is 1. The van der Waals surface area contributed by atoms with Gasteiger partial charge in [-0.1, -0.05) is 29.8 Å². The van der Waals surface area contributed by atoms with Crippen LogP contribution in [-0.2, 0) is 17.9 Å². The summed E-state index contributed by atoms with van der Waals surface area (Å²) < 4.78 is 1.42. The largest absolute Gasteiger partial charge is 0.352 e. The molecule has 2 aromatic heterocycles. The molecule has 134 valence electrons. The third-order valence-corrected chi connectivity index (χ3v) is 4.96. The molecule has 0 radical (unpaired) electrons. The molecule has 3 aromatic rings. The Labute approximate surface area is 160 Å². The quantitative estimate of drug-likeness (QED) is 0.672. The minimum atomic E-state index is -0.160. The molecule has 0 aliphatic carbocycles. The number of benzene rings is 1. The highest BCUT2D eigenvalue weighted by Crippen LogP contribution is 2.21. The summed E-state index contributed by atoms with van der Waals surface area (Å²) in [5, 5.41) is 9.89. The Hall–Kier alpha value is -2.44. The van der Waals surface area contributed by atoms with Crippen molar-refractivity contribution in [3.63, 3.8) is 0 Å². The lowest BCUT2D eigenvalue weighted by molar-refractivity contribution is -0.121. The zero-order valence-corrected chi connectivity index (χ0v) is 15.6. The van der Waals surface area contributed by atoms with Crippen molar-refractivity contribution in [3.05, 3.63) is 74.9 Å². The number of carbonyl (C=O) groups is 1. The van der Waals surface area contributed by atoms with Gasteiger partial charge in [0.2, 0.25) is 5.91 Å². The van der Waals surface area contributed by atoms with Crippen molar-refractivity contribution in [3.8, 4) is 10.6 Å². The normalized spacial score (nSPS) is 10.7. The molecule has 0 aliphatic rings. The van der Waals surface area contributed by atoms with Crippen molar-refractivity contribution < 1.29 is 4.79 Å². The summed E-state index contributed by atoms with van der Waals surface area (Å²) in [6.45, 7) is 0.870. The maximum Gasteiger partial charge on any atom is 0.266 e. The molecule has 0 atom stereocenters. The highest BCUT2D eigenvalue weighted by Gasteiger charge is 2.06. The molecule has 0 fully saturated rings. The van der Waals surface area contributed by atoms with Gasteiger partial charge in [-0.05, 0) is 41.6 Å². The summed E-state index contributed by atoms with van der Waals surface area (Å²) in [5.74, 6) is -0.0533. The summed E-state index contributed by atoms with van der Waals surface area (Å²) >= 11 is 7.41. The Balaban J connectivity index is 1.49. The first-order valence-corrected chi connectivity index (χ1v) is 9.51. The molecule has 0 saturated carbocycles. The van der Waals surface area contributed by atoms with Crippen LogP contribution in [0.1, 0.15) is 18.4 Å². The van der Waals surface area contributed by atoms with Gasteiger partial charge >= 0.3 is 0 Å². The van der Waals surface area contributed by atoms with Crippen LogP contribution in [0.25, 0.3) is 10.6 Å². The van der Waals surface area contributed by atoms with Crippen LogP contribution in [0.2, 0.25) is 5.02 Å². The molecule has 0 bridgehead atoms. The molecule has 1 aromatic carbocycles. The van der Waals surface area contributed by atoms with Crippen LogP contribution in [0.4, 0.5) is 0 Å². The molecule has 0 spiro atoms. The monoisotopic (exact) mass is 387 g/mol. The van der Waals surface area contributed by atoms with Crippen molar-refractivity contribution in [1.29, 1.82) is 0 Å². The van der Waals surface area contributed by atoms with Crippen molar-refractivity contribution in [2.24, 2.45) is 0 Å². The Kier molecular flexibility index (Phi) is 6.20. The van der Waals surface area contributed by atoms with E-state index in [2.05, 4.69) is 10.4 Å². The molecule has 0 aliphatic heterocycles. The third kappa shape index (κ3) is 5.03. The minimum Gasteiger partial charge on any atom is -0.352 e. The molecular weight excluding hydrogens is 370 g/mol. The predicted octanol–water partition coefficient (Wildman–Crippen LogP) is 3.72. The van der Waals surface area contributed by atoms with E-state index in [1.807, 2.05) is 29.6 Å². The summed E-state index contributed by atoms with van der Waals surface area (Å²) in [6, 6.07) is 14.5. The lowest BCUT2D eigenvalue weighted by atomic mass is 10.2. The zero-order chi connectivity index (χ0) is 18.4. The number of rotatable bonds is 7. The van der Waals surface area contributed by atoms with Crippen LogP contribution >= 0.6 is 22.9 Å². The van der Waals surface area contributed by atoms with Crippen LogP contribution < -0.4 is 10.9 Å². The van der Waals surface area contributed by atoms with E-state index in [0.29, 0.717) is 31.0 Å². The average molecular weight is 388 g/mol. The van der Waals surface area contributed by atoms with E-state index < -0.39 is 0 Å². The van der Waals surface area contributed by atoms with E-state index in [1.54, 1.807) is 29.5 Å². The highest BCUT2D eigenvalue weighted by molar-refractivity contribution is 7.13. The first-order chi connectivity index (χ1) is 12.6. The van der Waals surface area contributed by atoms with Crippen molar-refractivity contribution in [1.82, 2.24) is 15.1 Å². The lowest BCUT2D eigenvalue weighted by Crippen LogP contribution is -2.25. The third-order valence-electron chi connectivity index (χ3n) is 3.82. The fraction of sp³-hybridized carbons (Fsp3) is 0.211. The summed E-state index contributed by atoms with van der Waals surface area (Å²) in [4.78, 5) is 24.9. The fourth-order valence-electron chi connectivity index (χ4n) is 2.45. The number of halogens is 1. The van der Waals surface area contributed by atoms with Gasteiger partial charge in [0.15, 0.2) is 0 Å². The molecule has 3 rings (SSSR count). The van der Waals surface area contributed by atoms with Crippen LogP contribution in [-0.4, -0.2) is 15.7 Å². The molecule has 0 saturated heterocycles. The van der Waals surface area contributed by atoms with Gasteiger partial charge in [-0.25, -0.2) is 4.68 Å². The van der Waals surface area contributed by atoms with Gasteiger partial charge in [-0.15, -0.1) is 11.3 Å². The molecule has 26 heavy (non-hydrogen) atoms. The summed E-state index contributed by atoms with van der Waals surface area (Å²) in [6.07, 6.45) is 0.887. The van der Waals surface area contributed by atoms with E-state index in [-0.39, 0.29) is 11.5 Å². The van der Waals surface area contributed by atoms with E-state index in [4.69, 9.17) is 11.6 Å².